The second kappa shape index (κ2) is 16.7. The van der Waals surface area contributed by atoms with Crippen LogP contribution in [-0.2, 0) is 27.3 Å². The zero-order chi connectivity index (χ0) is 37.4. The molecule has 3 N–H and O–H groups in total. The summed E-state index contributed by atoms with van der Waals surface area (Å²) in [5.41, 5.74) is 1.85. The number of hydrogen-bond acceptors (Lipinski definition) is 8. The number of anilines is 2. The number of benzene rings is 3. The van der Waals surface area contributed by atoms with Crippen LogP contribution in [-0.4, -0.2) is 46.1 Å². The van der Waals surface area contributed by atoms with Crippen molar-refractivity contribution in [2.75, 3.05) is 17.2 Å². The molecule has 0 spiro atoms. The minimum atomic E-state index is -0.632. The predicted octanol–water partition coefficient (Wildman–Crippen LogP) is 7.97. The molecule has 0 bridgehead atoms. The van der Waals surface area contributed by atoms with Crippen molar-refractivity contribution in [3.63, 3.8) is 0 Å². The maximum atomic E-state index is 13.6. The molecule has 3 aromatic carbocycles. The van der Waals surface area contributed by atoms with Crippen molar-refractivity contribution in [1.29, 1.82) is 5.26 Å². The normalized spacial score (nSPS) is 13.3. The molecule has 1 aliphatic rings. The fourth-order valence-corrected chi connectivity index (χ4v) is 7.51. The molecular weight excluding hydrogens is 702 g/mol. The summed E-state index contributed by atoms with van der Waals surface area (Å²) < 4.78 is 19.1. The van der Waals surface area contributed by atoms with Crippen LogP contribution in [0, 0.1) is 17.1 Å². The van der Waals surface area contributed by atoms with Crippen molar-refractivity contribution in [1.82, 2.24) is 10.2 Å². The zero-order valence-electron chi connectivity index (χ0n) is 29.1. The number of ether oxygens (including phenoxy) is 1. The molecule has 0 saturated heterocycles. The van der Waals surface area contributed by atoms with Gasteiger partial charge in [0.1, 0.15) is 28.2 Å². The first-order valence-corrected chi connectivity index (χ1v) is 18.3. The van der Waals surface area contributed by atoms with E-state index in [-0.39, 0.29) is 11.6 Å². The van der Waals surface area contributed by atoms with Crippen molar-refractivity contribution in [2.24, 2.45) is 0 Å². The molecule has 4 amide bonds. The smallest absolute Gasteiger partial charge is 0.410 e. The van der Waals surface area contributed by atoms with E-state index in [9.17, 15) is 28.8 Å². The van der Waals surface area contributed by atoms with Gasteiger partial charge in [0, 0.05) is 27.6 Å². The van der Waals surface area contributed by atoms with Crippen LogP contribution in [0.25, 0.3) is 6.08 Å². The Hall–Kier alpha value is -5.45. The number of thioether (sulfide) groups is 1. The summed E-state index contributed by atoms with van der Waals surface area (Å²) in [6, 6.07) is 23.2. The van der Waals surface area contributed by atoms with Gasteiger partial charge in [0.2, 0.25) is 5.91 Å². The van der Waals surface area contributed by atoms with Gasteiger partial charge in [-0.1, -0.05) is 43.3 Å². The molecule has 13 heteroatoms. The van der Waals surface area contributed by atoms with E-state index in [0.29, 0.717) is 58.2 Å². The van der Waals surface area contributed by atoms with Crippen molar-refractivity contribution in [3.05, 3.63) is 118 Å². The second-order valence-electron chi connectivity index (χ2n) is 12.9. The number of fused-ring (bicyclic) bond motifs is 1. The third kappa shape index (κ3) is 9.86. The maximum Gasteiger partial charge on any atom is 0.410 e. The molecule has 0 radical (unpaired) electrons. The molecule has 5 rings (SSSR count). The molecule has 1 atom stereocenters. The summed E-state index contributed by atoms with van der Waals surface area (Å²) >= 11 is 2.59. The minimum Gasteiger partial charge on any atom is -0.444 e. The average Bonchev–Trinajstić information content (AvgIpc) is 3.46. The number of nitriles is 1. The summed E-state index contributed by atoms with van der Waals surface area (Å²) in [7, 11) is 0. The molecule has 0 fully saturated rings. The molecule has 1 aromatic heterocycles. The monoisotopic (exact) mass is 739 g/mol. The van der Waals surface area contributed by atoms with Gasteiger partial charge >= 0.3 is 6.09 Å². The summed E-state index contributed by atoms with van der Waals surface area (Å²) in [5.74, 6) is -1.81. The maximum absolute atomic E-state index is 13.6. The average molecular weight is 740 g/mol. The van der Waals surface area contributed by atoms with Crippen LogP contribution in [0.3, 0.4) is 0 Å². The number of amides is 4. The fraction of sp³-hybridized carbons (Fsp3) is 0.256. The van der Waals surface area contributed by atoms with Gasteiger partial charge in [-0.25, -0.2) is 9.18 Å². The van der Waals surface area contributed by atoms with E-state index in [1.165, 1.54) is 53.4 Å². The zero-order valence-corrected chi connectivity index (χ0v) is 30.8. The van der Waals surface area contributed by atoms with Gasteiger partial charge in [0.05, 0.1) is 17.4 Å². The lowest BCUT2D eigenvalue weighted by Gasteiger charge is -2.29. The molecule has 2 heterocycles. The Morgan fingerprint density at radius 3 is 2.44 bits per heavy atom. The van der Waals surface area contributed by atoms with E-state index in [0.717, 1.165) is 10.4 Å². The molecule has 268 valence electrons. The molecule has 10 nitrogen and oxygen atoms in total. The largest absolute Gasteiger partial charge is 0.444 e. The number of halogens is 1. The van der Waals surface area contributed by atoms with Crippen LogP contribution in [0.4, 0.5) is 19.9 Å². The third-order valence-electron chi connectivity index (χ3n) is 7.80. The van der Waals surface area contributed by atoms with E-state index < -0.39 is 34.6 Å². The van der Waals surface area contributed by atoms with Gasteiger partial charge in [-0.3, -0.25) is 14.4 Å². The Labute approximate surface area is 310 Å². The highest BCUT2D eigenvalue weighted by Crippen LogP contribution is 2.38. The highest BCUT2D eigenvalue weighted by molar-refractivity contribution is 8.00. The molecule has 0 aliphatic carbocycles. The number of nitrogens with one attached hydrogen (secondary N) is 3. The number of thiophene rings is 1. The SMILES string of the molecule is CCC(Sc1cccc(NC(=O)/C(=C\c2ccc(F)cc2)NC(=O)c2ccccc2)c1)C(=O)Nc1sc2c(c1C#N)CCN(C(=O)OC(C)(C)C)C2. The number of carbonyl (C=O) groups excluding carboxylic acids is 4. The molecule has 1 unspecified atom stereocenters. The molecule has 0 saturated carbocycles. The van der Waals surface area contributed by atoms with Gasteiger partial charge in [-0.05, 0) is 93.3 Å². The standard InChI is InChI=1S/C39H38FN5O5S2/c1-5-32(36(48)44-37-30(22-41)29-18-19-45(23-33(29)52-37)38(49)50-39(2,3)4)51-28-13-9-12-27(21-28)42-35(47)31(20-24-14-16-26(40)17-15-24)43-34(46)25-10-7-6-8-11-25/h6-17,20-21,32H,5,18-19,23H2,1-4H3,(H,42,47)(H,43,46)(H,44,48)/b31-20+. The first kappa shape index (κ1) is 37.8. The Kier molecular flexibility index (Phi) is 12.1. The molecular formula is C39H38FN5O5S2. The summed E-state index contributed by atoms with van der Waals surface area (Å²) in [5, 5.41) is 18.3. The fourth-order valence-electron chi connectivity index (χ4n) is 5.28. The predicted molar refractivity (Wildman–Crippen MR) is 201 cm³/mol. The van der Waals surface area contributed by atoms with Gasteiger partial charge in [-0.2, -0.15) is 5.26 Å². The van der Waals surface area contributed by atoms with Crippen LogP contribution in [0.5, 0.6) is 0 Å². The quantitative estimate of drug-likeness (QED) is 0.111. The highest BCUT2D eigenvalue weighted by Gasteiger charge is 2.31. The Morgan fingerprint density at radius 1 is 1.04 bits per heavy atom. The lowest BCUT2D eigenvalue weighted by Crippen LogP contribution is -2.39. The van der Waals surface area contributed by atoms with E-state index in [1.54, 1.807) is 53.4 Å². The second-order valence-corrected chi connectivity index (χ2v) is 15.3. The van der Waals surface area contributed by atoms with E-state index >= 15 is 0 Å². The first-order valence-electron chi connectivity index (χ1n) is 16.6. The lowest BCUT2D eigenvalue weighted by atomic mass is 10.0. The van der Waals surface area contributed by atoms with Crippen LogP contribution in [0.2, 0.25) is 0 Å². The topological polar surface area (TPSA) is 141 Å². The van der Waals surface area contributed by atoms with Gasteiger partial charge < -0.3 is 25.6 Å². The molecule has 1 aliphatic heterocycles. The third-order valence-corrected chi connectivity index (χ3v) is 10.3. The van der Waals surface area contributed by atoms with Crippen LogP contribution < -0.4 is 16.0 Å². The summed E-state index contributed by atoms with van der Waals surface area (Å²) in [4.78, 5) is 55.9. The van der Waals surface area contributed by atoms with Gasteiger partial charge in [-0.15, -0.1) is 23.1 Å². The number of hydrogen-bond donors (Lipinski definition) is 3. The molecule has 4 aromatic rings. The van der Waals surface area contributed by atoms with Gasteiger partial charge in [0.15, 0.2) is 0 Å². The van der Waals surface area contributed by atoms with Gasteiger partial charge in [0.25, 0.3) is 11.8 Å². The van der Waals surface area contributed by atoms with E-state index in [1.807, 2.05) is 33.8 Å². The van der Waals surface area contributed by atoms with Crippen molar-refractivity contribution >= 4 is 63.7 Å². The number of carbonyl (C=O) groups is 4. The number of nitrogens with zero attached hydrogens (tertiary/aromatic N) is 2. The Bertz CT molecular complexity index is 2030. The van der Waals surface area contributed by atoms with E-state index in [4.69, 9.17) is 4.74 Å². The molecule has 52 heavy (non-hydrogen) atoms. The van der Waals surface area contributed by atoms with Crippen molar-refractivity contribution < 1.29 is 28.3 Å². The Balaban J connectivity index is 1.28. The van der Waals surface area contributed by atoms with Crippen molar-refractivity contribution in [2.45, 2.75) is 62.8 Å². The highest BCUT2D eigenvalue weighted by atomic mass is 32.2. The van der Waals surface area contributed by atoms with Crippen LogP contribution in [0.1, 0.15) is 66.0 Å². The minimum absolute atomic E-state index is 0.0505. The van der Waals surface area contributed by atoms with Crippen LogP contribution in [0.15, 0.2) is 89.5 Å². The first-order chi connectivity index (χ1) is 24.8. The van der Waals surface area contributed by atoms with Crippen LogP contribution >= 0.6 is 23.1 Å². The lowest BCUT2D eigenvalue weighted by molar-refractivity contribution is -0.116. The summed E-state index contributed by atoms with van der Waals surface area (Å²) in [6.45, 7) is 8.00. The van der Waals surface area contributed by atoms with Crippen molar-refractivity contribution in [3.8, 4) is 6.07 Å². The Morgan fingerprint density at radius 2 is 1.77 bits per heavy atom. The summed E-state index contributed by atoms with van der Waals surface area (Å²) in [6.07, 6.45) is 1.99. The number of rotatable bonds is 10. The van der Waals surface area contributed by atoms with E-state index in [2.05, 4.69) is 22.0 Å².